The van der Waals surface area contributed by atoms with E-state index in [9.17, 15) is 0 Å². The molecule has 0 spiro atoms. The van der Waals surface area contributed by atoms with Crippen molar-refractivity contribution < 1.29 is 9.62 Å². The average molecular weight is 175 g/mol. The maximum absolute atomic E-state index is 8.45. The lowest BCUT2D eigenvalue weighted by Crippen LogP contribution is -1.80. The smallest absolute Gasteiger partial charge is 0.134 e. The van der Waals surface area contributed by atoms with E-state index in [4.69, 9.17) is 9.62 Å². The topological polar surface area (TPSA) is 45.7 Å². The predicted octanol–water partition coefficient (Wildman–Crippen LogP) is 2.55. The van der Waals surface area contributed by atoms with Gasteiger partial charge in [-0.25, -0.2) is 0 Å². The number of para-hydroxylation sites is 1. The molecule has 0 amide bonds. The molecule has 2 aromatic rings. The van der Waals surface area contributed by atoms with Gasteiger partial charge in [-0.3, -0.25) is 0 Å². The van der Waals surface area contributed by atoms with Crippen LogP contribution in [0, 0.1) is 6.92 Å². The molecule has 2 rings (SSSR count). The summed E-state index contributed by atoms with van der Waals surface area (Å²) in [7, 11) is 0. The van der Waals surface area contributed by atoms with Gasteiger partial charge in [-0.2, -0.15) is 0 Å². The third-order valence-electron chi connectivity index (χ3n) is 2.01. The van der Waals surface area contributed by atoms with E-state index < -0.39 is 0 Å². The molecule has 1 aromatic carbocycles. The molecule has 0 aliphatic carbocycles. The summed E-state index contributed by atoms with van der Waals surface area (Å²) in [4.78, 5) is 0. The number of aryl methyl sites for hydroxylation is 1. The van der Waals surface area contributed by atoms with Crippen LogP contribution in [-0.4, -0.2) is 11.4 Å². The van der Waals surface area contributed by atoms with Crippen molar-refractivity contribution in [3.8, 4) is 0 Å². The molecule has 0 radical (unpaired) electrons. The fraction of sp³-hybridized carbons (Fsp3) is 0.100. The van der Waals surface area contributed by atoms with E-state index in [1.54, 1.807) is 0 Å². The first-order valence-corrected chi connectivity index (χ1v) is 3.98. The van der Waals surface area contributed by atoms with Crippen molar-refractivity contribution in [2.75, 3.05) is 0 Å². The quantitative estimate of drug-likeness (QED) is 0.411. The van der Waals surface area contributed by atoms with E-state index in [0.29, 0.717) is 0 Å². The van der Waals surface area contributed by atoms with Crippen LogP contribution in [0.5, 0.6) is 0 Å². The Hall–Kier alpha value is -1.77. The minimum atomic E-state index is 0.763. The van der Waals surface area contributed by atoms with Crippen LogP contribution in [0.3, 0.4) is 0 Å². The molecule has 0 aliphatic rings. The number of hydrogen-bond donors (Lipinski definition) is 1. The molecule has 0 atom stereocenters. The van der Waals surface area contributed by atoms with Crippen molar-refractivity contribution >= 4 is 17.2 Å². The van der Waals surface area contributed by atoms with Gasteiger partial charge in [-0.05, 0) is 13.0 Å². The predicted molar refractivity (Wildman–Crippen MR) is 50.3 cm³/mol. The zero-order chi connectivity index (χ0) is 9.26. The van der Waals surface area contributed by atoms with Gasteiger partial charge in [-0.15, -0.1) is 0 Å². The molecule has 1 heterocycles. The minimum absolute atomic E-state index is 0.763. The van der Waals surface area contributed by atoms with Gasteiger partial charge in [-0.1, -0.05) is 23.4 Å². The second kappa shape index (κ2) is 2.94. The van der Waals surface area contributed by atoms with E-state index in [0.717, 1.165) is 22.3 Å². The van der Waals surface area contributed by atoms with Crippen LogP contribution < -0.4 is 0 Å². The van der Waals surface area contributed by atoms with E-state index in [2.05, 4.69) is 5.16 Å². The number of furan rings is 1. The Kier molecular flexibility index (Phi) is 1.77. The molecule has 1 aromatic heterocycles. The molecule has 0 unspecified atom stereocenters. The number of nitrogens with zero attached hydrogens (tertiary/aromatic N) is 1. The second-order valence-corrected chi connectivity index (χ2v) is 2.81. The SMILES string of the molecule is Cc1oc2ccccc2c1/C=N/O. The lowest BCUT2D eigenvalue weighted by atomic mass is 10.1. The summed E-state index contributed by atoms with van der Waals surface area (Å²) in [6.07, 6.45) is 1.39. The molecule has 3 heteroatoms. The van der Waals surface area contributed by atoms with Crippen molar-refractivity contribution in [3.63, 3.8) is 0 Å². The number of hydrogen-bond acceptors (Lipinski definition) is 3. The summed E-state index contributed by atoms with van der Waals surface area (Å²) >= 11 is 0. The van der Waals surface area contributed by atoms with Gasteiger partial charge >= 0.3 is 0 Å². The van der Waals surface area contributed by atoms with Gasteiger partial charge in [0, 0.05) is 10.9 Å². The molecule has 0 saturated heterocycles. The summed E-state index contributed by atoms with van der Waals surface area (Å²) < 4.78 is 5.45. The van der Waals surface area contributed by atoms with Gasteiger partial charge in [0.1, 0.15) is 11.3 Å². The van der Waals surface area contributed by atoms with Crippen molar-refractivity contribution in [2.24, 2.45) is 5.16 Å². The maximum atomic E-state index is 8.45. The number of benzene rings is 1. The van der Waals surface area contributed by atoms with Crippen LogP contribution in [0.2, 0.25) is 0 Å². The van der Waals surface area contributed by atoms with Crippen LogP contribution in [0.15, 0.2) is 33.8 Å². The first-order valence-electron chi connectivity index (χ1n) is 3.98. The highest BCUT2D eigenvalue weighted by Crippen LogP contribution is 2.23. The fourth-order valence-corrected chi connectivity index (χ4v) is 1.41. The first kappa shape index (κ1) is 7.86. The standard InChI is InChI=1S/C10H9NO2/c1-7-9(6-11-12)8-4-2-3-5-10(8)13-7/h2-6,12H,1H3/b11-6+. The molecule has 0 fully saturated rings. The summed E-state index contributed by atoms with van der Waals surface area (Å²) in [5, 5.41) is 12.4. The van der Waals surface area contributed by atoms with E-state index in [1.165, 1.54) is 6.21 Å². The normalized spacial score (nSPS) is 11.5. The van der Waals surface area contributed by atoms with E-state index >= 15 is 0 Å². The monoisotopic (exact) mass is 175 g/mol. The van der Waals surface area contributed by atoms with Gasteiger partial charge in [0.05, 0.1) is 6.21 Å². The highest BCUT2D eigenvalue weighted by molar-refractivity contribution is 5.99. The highest BCUT2D eigenvalue weighted by atomic mass is 16.4. The van der Waals surface area contributed by atoms with Gasteiger partial charge in [0.2, 0.25) is 0 Å². The number of rotatable bonds is 1. The van der Waals surface area contributed by atoms with Crippen molar-refractivity contribution in [1.82, 2.24) is 0 Å². The summed E-state index contributed by atoms with van der Waals surface area (Å²) in [5.41, 5.74) is 1.65. The lowest BCUT2D eigenvalue weighted by Gasteiger charge is -1.87. The van der Waals surface area contributed by atoms with Crippen LogP contribution >= 0.6 is 0 Å². The van der Waals surface area contributed by atoms with Crippen molar-refractivity contribution in [2.45, 2.75) is 6.92 Å². The number of fused-ring (bicyclic) bond motifs is 1. The fourth-order valence-electron chi connectivity index (χ4n) is 1.41. The molecule has 0 aliphatic heterocycles. The third kappa shape index (κ3) is 1.18. The minimum Gasteiger partial charge on any atom is -0.461 e. The summed E-state index contributed by atoms with van der Waals surface area (Å²) in [5.74, 6) is 0.763. The Bertz CT molecular complexity index is 457. The Morgan fingerprint density at radius 2 is 2.15 bits per heavy atom. The van der Waals surface area contributed by atoms with Crippen molar-refractivity contribution in [3.05, 3.63) is 35.6 Å². The van der Waals surface area contributed by atoms with Gasteiger partial charge in [0.25, 0.3) is 0 Å². The Morgan fingerprint density at radius 1 is 1.38 bits per heavy atom. The molecular formula is C10H9NO2. The van der Waals surface area contributed by atoms with Crippen molar-refractivity contribution in [1.29, 1.82) is 0 Å². The molecule has 66 valence electrons. The number of oxime groups is 1. The Morgan fingerprint density at radius 3 is 2.92 bits per heavy atom. The molecule has 0 bridgehead atoms. The molecule has 0 saturated carbocycles. The second-order valence-electron chi connectivity index (χ2n) is 2.81. The average Bonchev–Trinajstić information content (AvgIpc) is 2.44. The van der Waals surface area contributed by atoms with Gasteiger partial charge < -0.3 is 9.62 Å². The molecule has 1 N–H and O–H groups in total. The maximum Gasteiger partial charge on any atom is 0.134 e. The van der Waals surface area contributed by atoms with Crippen LogP contribution in [0.4, 0.5) is 0 Å². The Labute approximate surface area is 75.3 Å². The summed E-state index contributed by atoms with van der Waals surface area (Å²) in [6.45, 7) is 1.84. The molecule has 13 heavy (non-hydrogen) atoms. The first-order chi connectivity index (χ1) is 6.33. The largest absolute Gasteiger partial charge is 0.461 e. The van der Waals surface area contributed by atoms with Crippen LogP contribution in [-0.2, 0) is 0 Å². The zero-order valence-corrected chi connectivity index (χ0v) is 7.19. The van der Waals surface area contributed by atoms with Crippen LogP contribution in [0.1, 0.15) is 11.3 Å². The van der Waals surface area contributed by atoms with Gasteiger partial charge in [0.15, 0.2) is 0 Å². The van der Waals surface area contributed by atoms with Crippen LogP contribution in [0.25, 0.3) is 11.0 Å². The molecule has 3 nitrogen and oxygen atoms in total. The zero-order valence-electron chi connectivity index (χ0n) is 7.19. The van der Waals surface area contributed by atoms with E-state index in [-0.39, 0.29) is 0 Å². The van der Waals surface area contributed by atoms with E-state index in [1.807, 2.05) is 31.2 Å². The summed E-state index contributed by atoms with van der Waals surface area (Å²) in [6, 6.07) is 7.65. The lowest BCUT2D eigenvalue weighted by molar-refractivity contribution is 0.322. The molecular weight excluding hydrogens is 166 g/mol. The Balaban J connectivity index is 2.78. The highest BCUT2D eigenvalue weighted by Gasteiger charge is 2.07. The third-order valence-corrected chi connectivity index (χ3v) is 2.01.